The first-order valence-electron chi connectivity index (χ1n) is 7.12. The molecule has 0 saturated heterocycles. The van der Waals surface area contributed by atoms with Gasteiger partial charge in [0.2, 0.25) is 0 Å². The van der Waals surface area contributed by atoms with Crippen LogP contribution in [-0.4, -0.2) is 23.8 Å². The van der Waals surface area contributed by atoms with E-state index in [9.17, 15) is 0 Å². The number of aryl methyl sites for hydroxylation is 1. The topological polar surface area (TPSA) is 32.3 Å². The fourth-order valence-electron chi connectivity index (χ4n) is 2.69. The predicted octanol–water partition coefficient (Wildman–Crippen LogP) is 2.68. The van der Waals surface area contributed by atoms with Crippen LogP contribution in [0.4, 0.5) is 0 Å². The Bertz CT molecular complexity index is 373. The molecule has 0 amide bonds. The van der Waals surface area contributed by atoms with E-state index in [1.165, 1.54) is 24.0 Å². The van der Waals surface area contributed by atoms with Crippen molar-refractivity contribution in [3.8, 4) is 0 Å². The minimum absolute atomic E-state index is 0.297. The maximum Gasteiger partial charge on any atom is 0.0445 e. The van der Waals surface area contributed by atoms with Crippen molar-refractivity contribution in [2.75, 3.05) is 6.61 Å². The molecule has 0 heterocycles. The first kappa shape index (κ1) is 13.6. The largest absolute Gasteiger partial charge is 0.396 e. The van der Waals surface area contributed by atoms with E-state index in [4.69, 9.17) is 5.11 Å². The molecule has 2 unspecified atom stereocenters. The summed E-state index contributed by atoms with van der Waals surface area (Å²) in [5, 5.41) is 12.8. The lowest BCUT2D eigenvalue weighted by molar-refractivity contribution is 0.249. The van der Waals surface area contributed by atoms with Gasteiger partial charge in [-0.1, -0.05) is 24.3 Å². The van der Waals surface area contributed by atoms with Crippen LogP contribution in [-0.2, 0) is 6.42 Å². The lowest BCUT2D eigenvalue weighted by atomic mass is 10.0. The summed E-state index contributed by atoms with van der Waals surface area (Å²) < 4.78 is 0. The van der Waals surface area contributed by atoms with Crippen LogP contribution < -0.4 is 5.32 Å². The summed E-state index contributed by atoms with van der Waals surface area (Å²) in [6.45, 7) is 4.72. The van der Waals surface area contributed by atoms with Gasteiger partial charge in [-0.25, -0.2) is 0 Å². The van der Waals surface area contributed by atoms with Crippen LogP contribution in [0.2, 0.25) is 0 Å². The van der Waals surface area contributed by atoms with Crippen LogP contribution in [0, 0.1) is 12.8 Å². The summed E-state index contributed by atoms with van der Waals surface area (Å²) in [7, 11) is 0. The molecule has 2 atom stereocenters. The Kier molecular flexibility index (Phi) is 4.79. The van der Waals surface area contributed by atoms with Crippen LogP contribution in [0.1, 0.15) is 37.3 Å². The van der Waals surface area contributed by atoms with Crippen molar-refractivity contribution in [3.63, 3.8) is 0 Å². The fourth-order valence-corrected chi connectivity index (χ4v) is 2.69. The van der Waals surface area contributed by atoms with Crippen LogP contribution >= 0.6 is 0 Å². The molecule has 1 fully saturated rings. The molecule has 1 aromatic rings. The summed E-state index contributed by atoms with van der Waals surface area (Å²) in [5.74, 6) is 0.802. The molecular weight excluding hydrogens is 222 g/mol. The molecule has 0 aromatic heterocycles. The molecule has 1 aliphatic rings. The van der Waals surface area contributed by atoms with Crippen molar-refractivity contribution in [2.24, 2.45) is 5.92 Å². The van der Waals surface area contributed by atoms with Crippen molar-refractivity contribution in [3.05, 3.63) is 35.4 Å². The highest BCUT2D eigenvalue weighted by Crippen LogP contribution is 2.34. The predicted molar refractivity (Wildman–Crippen MR) is 75.7 cm³/mol. The lowest BCUT2D eigenvalue weighted by Crippen LogP contribution is -2.39. The van der Waals surface area contributed by atoms with E-state index in [0.717, 1.165) is 18.8 Å². The zero-order chi connectivity index (χ0) is 13.0. The first-order valence-corrected chi connectivity index (χ1v) is 7.12. The molecule has 2 nitrogen and oxygen atoms in total. The van der Waals surface area contributed by atoms with E-state index in [2.05, 4.69) is 43.4 Å². The van der Waals surface area contributed by atoms with E-state index < -0.39 is 0 Å². The van der Waals surface area contributed by atoms with Crippen LogP contribution in [0.25, 0.3) is 0 Å². The van der Waals surface area contributed by atoms with Gasteiger partial charge in [-0.05, 0) is 56.6 Å². The molecule has 1 saturated carbocycles. The fraction of sp³-hybridized carbons (Fsp3) is 0.625. The number of rotatable bonds is 7. The number of hydrogen-bond donors (Lipinski definition) is 2. The molecule has 0 aliphatic heterocycles. The van der Waals surface area contributed by atoms with Gasteiger partial charge in [0, 0.05) is 18.7 Å². The number of aliphatic hydroxyl groups is 1. The minimum atomic E-state index is 0.297. The Balaban J connectivity index is 1.87. The third kappa shape index (κ3) is 3.82. The van der Waals surface area contributed by atoms with Gasteiger partial charge >= 0.3 is 0 Å². The normalized spacial score (nSPS) is 18.6. The van der Waals surface area contributed by atoms with E-state index in [-0.39, 0.29) is 0 Å². The SMILES string of the molecule is Cc1ccccc1CC(C)NC(CCO)C1CC1. The van der Waals surface area contributed by atoms with E-state index in [0.29, 0.717) is 18.7 Å². The van der Waals surface area contributed by atoms with E-state index >= 15 is 0 Å². The van der Waals surface area contributed by atoms with Gasteiger partial charge in [-0.3, -0.25) is 0 Å². The van der Waals surface area contributed by atoms with Gasteiger partial charge in [0.15, 0.2) is 0 Å². The van der Waals surface area contributed by atoms with Gasteiger partial charge < -0.3 is 10.4 Å². The lowest BCUT2D eigenvalue weighted by Gasteiger charge is -2.23. The molecule has 0 radical (unpaired) electrons. The molecule has 1 aliphatic carbocycles. The van der Waals surface area contributed by atoms with Gasteiger partial charge in [-0.15, -0.1) is 0 Å². The maximum absolute atomic E-state index is 9.12. The average Bonchev–Trinajstić information content (AvgIpc) is 3.16. The summed E-state index contributed by atoms with van der Waals surface area (Å²) >= 11 is 0. The smallest absolute Gasteiger partial charge is 0.0445 e. The third-order valence-electron chi connectivity index (χ3n) is 3.92. The molecule has 2 rings (SSSR count). The molecule has 0 bridgehead atoms. The summed E-state index contributed by atoms with van der Waals surface area (Å²) in [6.07, 6.45) is 4.62. The Morgan fingerprint density at radius 1 is 1.33 bits per heavy atom. The zero-order valence-corrected chi connectivity index (χ0v) is 11.5. The zero-order valence-electron chi connectivity index (χ0n) is 11.5. The van der Waals surface area contributed by atoms with Crippen molar-refractivity contribution < 1.29 is 5.11 Å². The molecule has 2 heteroatoms. The van der Waals surface area contributed by atoms with Crippen LogP contribution in [0.3, 0.4) is 0 Å². The van der Waals surface area contributed by atoms with Crippen molar-refractivity contribution in [2.45, 2.75) is 51.6 Å². The van der Waals surface area contributed by atoms with Crippen LogP contribution in [0.5, 0.6) is 0 Å². The highest BCUT2D eigenvalue weighted by atomic mass is 16.3. The van der Waals surface area contributed by atoms with Crippen molar-refractivity contribution in [1.29, 1.82) is 0 Å². The molecule has 100 valence electrons. The molecule has 2 N–H and O–H groups in total. The third-order valence-corrected chi connectivity index (χ3v) is 3.92. The highest BCUT2D eigenvalue weighted by Gasteiger charge is 2.31. The quantitative estimate of drug-likeness (QED) is 0.776. The second-order valence-corrected chi connectivity index (χ2v) is 5.65. The standard InChI is InChI=1S/C16H25NO/c1-12-5-3-4-6-15(12)11-13(2)17-16(9-10-18)14-7-8-14/h3-6,13-14,16-18H,7-11H2,1-2H3. The monoisotopic (exact) mass is 247 g/mol. The van der Waals surface area contributed by atoms with Gasteiger partial charge in [0.05, 0.1) is 0 Å². The summed E-state index contributed by atoms with van der Waals surface area (Å²) in [5.41, 5.74) is 2.80. The van der Waals surface area contributed by atoms with Gasteiger partial charge in [0.25, 0.3) is 0 Å². The molecule has 18 heavy (non-hydrogen) atoms. The van der Waals surface area contributed by atoms with Crippen molar-refractivity contribution >= 4 is 0 Å². The van der Waals surface area contributed by atoms with E-state index in [1.807, 2.05) is 0 Å². The highest BCUT2D eigenvalue weighted by molar-refractivity contribution is 5.26. The van der Waals surface area contributed by atoms with Gasteiger partial charge in [0.1, 0.15) is 0 Å². The Morgan fingerprint density at radius 2 is 2.06 bits per heavy atom. The Morgan fingerprint density at radius 3 is 2.67 bits per heavy atom. The summed E-state index contributed by atoms with van der Waals surface area (Å²) in [4.78, 5) is 0. The van der Waals surface area contributed by atoms with E-state index in [1.54, 1.807) is 0 Å². The number of hydrogen-bond acceptors (Lipinski definition) is 2. The molecular formula is C16H25NO. The molecule has 1 aromatic carbocycles. The molecule has 0 spiro atoms. The first-order chi connectivity index (χ1) is 8.70. The van der Waals surface area contributed by atoms with Gasteiger partial charge in [-0.2, -0.15) is 0 Å². The second-order valence-electron chi connectivity index (χ2n) is 5.65. The number of benzene rings is 1. The Labute approximate surface area is 110 Å². The second kappa shape index (κ2) is 6.35. The number of aliphatic hydroxyl groups excluding tert-OH is 1. The average molecular weight is 247 g/mol. The minimum Gasteiger partial charge on any atom is -0.396 e. The Hall–Kier alpha value is -0.860. The summed E-state index contributed by atoms with van der Waals surface area (Å²) in [6, 6.07) is 9.58. The van der Waals surface area contributed by atoms with Crippen molar-refractivity contribution in [1.82, 2.24) is 5.32 Å². The maximum atomic E-state index is 9.12. The number of nitrogens with one attached hydrogen (secondary N) is 1. The van der Waals surface area contributed by atoms with Crippen LogP contribution in [0.15, 0.2) is 24.3 Å².